The van der Waals surface area contributed by atoms with Crippen LogP contribution in [-0.2, 0) is 0 Å². The maximum atomic E-state index is 9.86. The fraction of sp³-hybridized carbons (Fsp3) is 0.467. The van der Waals surface area contributed by atoms with Gasteiger partial charge in [-0.25, -0.2) is 9.97 Å². The first-order valence-electron chi connectivity index (χ1n) is 6.99. The van der Waals surface area contributed by atoms with Crippen molar-refractivity contribution < 1.29 is 5.11 Å². The molecular formula is C15H17N3O. The Morgan fingerprint density at radius 1 is 1.11 bits per heavy atom. The van der Waals surface area contributed by atoms with E-state index in [1.54, 1.807) is 0 Å². The molecule has 2 fully saturated rings. The molecular weight excluding hydrogens is 238 g/mol. The zero-order chi connectivity index (χ0) is 12.8. The van der Waals surface area contributed by atoms with Crippen LogP contribution >= 0.6 is 0 Å². The molecule has 2 atom stereocenters. The van der Waals surface area contributed by atoms with E-state index in [0.717, 1.165) is 42.5 Å². The first-order chi connectivity index (χ1) is 9.31. The van der Waals surface area contributed by atoms with Crippen LogP contribution in [0.15, 0.2) is 30.5 Å². The van der Waals surface area contributed by atoms with Crippen LogP contribution in [-0.4, -0.2) is 33.3 Å². The lowest BCUT2D eigenvalue weighted by Crippen LogP contribution is -2.45. The van der Waals surface area contributed by atoms with E-state index in [1.165, 1.54) is 0 Å². The maximum Gasteiger partial charge on any atom is 0.226 e. The van der Waals surface area contributed by atoms with E-state index in [0.29, 0.717) is 12.1 Å². The second-order valence-corrected chi connectivity index (χ2v) is 5.65. The van der Waals surface area contributed by atoms with Gasteiger partial charge < -0.3 is 10.0 Å². The highest BCUT2D eigenvalue weighted by molar-refractivity contribution is 5.78. The SMILES string of the molecule is OC1CC2CCC(C1)N2c1ncc2ccccc2n1. The van der Waals surface area contributed by atoms with Gasteiger partial charge in [0.15, 0.2) is 0 Å². The average Bonchev–Trinajstić information content (AvgIpc) is 2.70. The molecule has 1 N–H and O–H groups in total. The summed E-state index contributed by atoms with van der Waals surface area (Å²) in [7, 11) is 0. The van der Waals surface area contributed by atoms with Crippen molar-refractivity contribution in [2.45, 2.75) is 43.9 Å². The van der Waals surface area contributed by atoms with Gasteiger partial charge >= 0.3 is 0 Å². The third-order valence-electron chi connectivity index (χ3n) is 4.42. The summed E-state index contributed by atoms with van der Waals surface area (Å²) in [5, 5.41) is 10.9. The van der Waals surface area contributed by atoms with Gasteiger partial charge in [-0.2, -0.15) is 0 Å². The fourth-order valence-corrected chi connectivity index (χ4v) is 3.56. The van der Waals surface area contributed by atoms with Crippen molar-refractivity contribution in [3.63, 3.8) is 0 Å². The minimum absolute atomic E-state index is 0.144. The number of para-hydroxylation sites is 1. The highest BCUT2D eigenvalue weighted by Crippen LogP contribution is 2.38. The Morgan fingerprint density at radius 3 is 2.63 bits per heavy atom. The van der Waals surface area contributed by atoms with E-state index >= 15 is 0 Å². The molecule has 3 heterocycles. The molecule has 1 aromatic heterocycles. The molecule has 4 rings (SSSR count). The lowest BCUT2D eigenvalue weighted by Gasteiger charge is -2.37. The summed E-state index contributed by atoms with van der Waals surface area (Å²) >= 11 is 0. The Hall–Kier alpha value is -1.68. The van der Waals surface area contributed by atoms with Gasteiger partial charge in [-0.05, 0) is 31.7 Å². The number of hydrogen-bond donors (Lipinski definition) is 1. The number of anilines is 1. The van der Waals surface area contributed by atoms with Crippen LogP contribution in [0.5, 0.6) is 0 Å². The number of aromatic nitrogens is 2. The smallest absolute Gasteiger partial charge is 0.226 e. The summed E-state index contributed by atoms with van der Waals surface area (Å²) in [6.07, 6.45) is 5.77. The molecule has 2 saturated heterocycles. The fourth-order valence-electron chi connectivity index (χ4n) is 3.56. The van der Waals surface area contributed by atoms with Crippen LogP contribution < -0.4 is 4.90 Å². The van der Waals surface area contributed by atoms with Crippen LogP contribution in [0.1, 0.15) is 25.7 Å². The van der Waals surface area contributed by atoms with Crippen molar-refractivity contribution in [2.75, 3.05) is 4.90 Å². The highest BCUT2D eigenvalue weighted by atomic mass is 16.3. The summed E-state index contributed by atoms with van der Waals surface area (Å²) in [5.74, 6) is 0.832. The van der Waals surface area contributed by atoms with Crippen LogP contribution in [0.2, 0.25) is 0 Å². The molecule has 98 valence electrons. The van der Waals surface area contributed by atoms with Crippen LogP contribution in [0.3, 0.4) is 0 Å². The third-order valence-corrected chi connectivity index (χ3v) is 4.42. The van der Waals surface area contributed by atoms with Gasteiger partial charge in [-0.3, -0.25) is 0 Å². The number of nitrogens with zero attached hydrogens (tertiary/aromatic N) is 3. The molecule has 2 aliphatic rings. The summed E-state index contributed by atoms with van der Waals surface area (Å²) in [6.45, 7) is 0. The highest BCUT2D eigenvalue weighted by Gasteiger charge is 2.41. The normalized spacial score (nSPS) is 29.9. The lowest BCUT2D eigenvalue weighted by atomic mass is 10.0. The number of aliphatic hydroxyl groups excluding tert-OH is 1. The summed E-state index contributed by atoms with van der Waals surface area (Å²) in [6, 6.07) is 8.90. The number of fused-ring (bicyclic) bond motifs is 3. The van der Waals surface area contributed by atoms with E-state index in [1.807, 2.05) is 30.5 Å². The molecule has 2 aromatic rings. The Morgan fingerprint density at radius 2 is 1.84 bits per heavy atom. The van der Waals surface area contributed by atoms with Gasteiger partial charge in [0, 0.05) is 23.7 Å². The molecule has 0 saturated carbocycles. The molecule has 0 spiro atoms. The zero-order valence-corrected chi connectivity index (χ0v) is 10.7. The first kappa shape index (κ1) is 11.2. The summed E-state index contributed by atoms with van der Waals surface area (Å²) in [5.41, 5.74) is 0.998. The van der Waals surface area contributed by atoms with Crippen molar-refractivity contribution in [1.29, 1.82) is 0 Å². The topological polar surface area (TPSA) is 49.2 Å². The zero-order valence-electron chi connectivity index (χ0n) is 10.7. The number of hydrogen-bond acceptors (Lipinski definition) is 4. The van der Waals surface area contributed by atoms with Gasteiger partial charge in [-0.15, -0.1) is 0 Å². The van der Waals surface area contributed by atoms with Crippen LogP contribution in [0.4, 0.5) is 5.95 Å². The molecule has 2 unspecified atom stereocenters. The van der Waals surface area contributed by atoms with E-state index < -0.39 is 0 Å². The van der Waals surface area contributed by atoms with Gasteiger partial charge in [0.25, 0.3) is 0 Å². The van der Waals surface area contributed by atoms with Gasteiger partial charge in [0.1, 0.15) is 0 Å². The summed E-state index contributed by atoms with van der Waals surface area (Å²) < 4.78 is 0. The molecule has 4 heteroatoms. The largest absolute Gasteiger partial charge is 0.393 e. The minimum Gasteiger partial charge on any atom is -0.393 e. The van der Waals surface area contributed by atoms with Crippen LogP contribution in [0.25, 0.3) is 10.9 Å². The third kappa shape index (κ3) is 1.78. The monoisotopic (exact) mass is 255 g/mol. The predicted octanol–water partition coefficient (Wildman–Crippen LogP) is 2.12. The molecule has 0 amide bonds. The van der Waals surface area contributed by atoms with E-state index in [9.17, 15) is 5.11 Å². The Balaban J connectivity index is 1.74. The predicted molar refractivity (Wildman–Crippen MR) is 74.1 cm³/mol. The Bertz CT molecular complexity index is 601. The second-order valence-electron chi connectivity index (χ2n) is 5.65. The van der Waals surface area contributed by atoms with Gasteiger partial charge in [-0.1, -0.05) is 18.2 Å². The average molecular weight is 255 g/mol. The standard InChI is InChI=1S/C15H17N3O/c19-13-7-11-5-6-12(8-13)18(11)15-16-9-10-3-1-2-4-14(10)17-15/h1-4,9,11-13,19H,5-8H2. The quantitative estimate of drug-likeness (QED) is 0.848. The van der Waals surface area contributed by atoms with E-state index in [4.69, 9.17) is 4.98 Å². The second kappa shape index (κ2) is 4.17. The van der Waals surface area contributed by atoms with E-state index in [-0.39, 0.29) is 6.10 Å². The molecule has 4 nitrogen and oxygen atoms in total. The Labute approximate surface area is 112 Å². The number of rotatable bonds is 1. The molecule has 19 heavy (non-hydrogen) atoms. The number of benzene rings is 1. The van der Waals surface area contributed by atoms with Crippen molar-refractivity contribution in [1.82, 2.24) is 9.97 Å². The van der Waals surface area contributed by atoms with Crippen molar-refractivity contribution >= 4 is 16.9 Å². The maximum absolute atomic E-state index is 9.86. The molecule has 1 aromatic carbocycles. The Kier molecular flexibility index (Phi) is 2.45. The number of piperidine rings is 1. The number of aliphatic hydroxyl groups is 1. The minimum atomic E-state index is -0.144. The van der Waals surface area contributed by atoms with Crippen LogP contribution in [0, 0.1) is 0 Å². The van der Waals surface area contributed by atoms with Gasteiger partial charge in [0.05, 0.1) is 11.6 Å². The summed E-state index contributed by atoms with van der Waals surface area (Å²) in [4.78, 5) is 11.6. The van der Waals surface area contributed by atoms with Crippen molar-refractivity contribution in [2.24, 2.45) is 0 Å². The molecule has 0 radical (unpaired) electrons. The lowest BCUT2D eigenvalue weighted by molar-refractivity contribution is 0.125. The van der Waals surface area contributed by atoms with Crippen molar-refractivity contribution in [3.8, 4) is 0 Å². The molecule has 2 bridgehead atoms. The molecule has 2 aliphatic heterocycles. The van der Waals surface area contributed by atoms with Crippen molar-refractivity contribution in [3.05, 3.63) is 30.5 Å². The van der Waals surface area contributed by atoms with E-state index in [2.05, 4.69) is 9.88 Å². The molecule has 0 aliphatic carbocycles. The van der Waals surface area contributed by atoms with Gasteiger partial charge in [0.2, 0.25) is 5.95 Å². The first-order valence-corrected chi connectivity index (χ1v) is 6.99.